The minimum absolute atomic E-state index is 0.00609. The number of aromatic nitrogens is 3. The Kier molecular flexibility index (Phi) is 4.15. The normalized spacial score (nSPS) is 18.0. The molecule has 9 heteroatoms. The lowest BCUT2D eigenvalue weighted by atomic mass is 10.0. The van der Waals surface area contributed by atoms with Crippen LogP contribution in [0.3, 0.4) is 0 Å². The Morgan fingerprint density at radius 1 is 1.28 bits per heavy atom. The van der Waals surface area contributed by atoms with E-state index in [1.54, 1.807) is 12.1 Å². The molecule has 4 heterocycles. The van der Waals surface area contributed by atoms with Crippen LogP contribution in [0.5, 0.6) is 0 Å². The number of carbonyl (C=O) groups is 1. The third-order valence-corrected chi connectivity index (χ3v) is 6.40. The number of aromatic amines is 2. The number of nitrogen functional groups attached to an aromatic ring is 1. The summed E-state index contributed by atoms with van der Waals surface area (Å²) in [6.07, 6.45) is 3.41. The summed E-state index contributed by atoms with van der Waals surface area (Å²) in [5, 5.41) is 0.453. The summed E-state index contributed by atoms with van der Waals surface area (Å²) >= 11 is 6.67. The predicted octanol–water partition coefficient (Wildman–Crippen LogP) is 2.20. The minimum Gasteiger partial charge on any atom is -0.398 e. The molecule has 29 heavy (non-hydrogen) atoms. The SMILES string of the molecule is CN1CCC(N2Cc3c(cc4[nH]c(-c5c(N)cc[nH]c5=O)nc4c3Cl)C2=O)CC1. The van der Waals surface area contributed by atoms with Gasteiger partial charge in [0.1, 0.15) is 16.9 Å². The number of likely N-dealkylation sites (tertiary alicyclic amines) is 1. The molecule has 150 valence electrons. The molecule has 1 fully saturated rings. The van der Waals surface area contributed by atoms with Gasteiger partial charge in [0.2, 0.25) is 0 Å². The van der Waals surface area contributed by atoms with Crippen LogP contribution >= 0.6 is 11.6 Å². The zero-order valence-electron chi connectivity index (χ0n) is 16.0. The monoisotopic (exact) mass is 412 g/mol. The van der Waals surface area contributed by atoms with Crippen molar-refractivity contribution in [2.45, 2.75) is 25.4 Å². The van der Waals surface area contributed by atoms with Gasteiger partial charge >= 0.3 is 0 Å². The van der Waals surface area contributed by atoms with Gasteiger partial charge in [-0.05, 0) is 45.1 Å². The van der Waals surface area contributed by atoms with E-state index in [2.05, 4.69) is 26.9 Å². The van der Waals surface area contributed by atoms with Gasteiger partial charge in [-0.15, -0.1) is 0 Å². The standard InChI is InChI=1S/C20H21ClN6O2/c1-26-6-3-10(4-7-26)27-9-12-11(20(27)29)8-14-17(16(12)21)25-18(24-14)15-13(22)2-5-23-19(15)28/h2,5,8,10H,3-4,6-7,9H2,1H3,(H,24,25)(H3,22,23,28). The molecule has 0 radical (unpaired) electrons. The number of carbonyl (C=O) groups excluding carboxylic acids is 1. The molecule has 0 unspecified atom stereocenters. The highest BCUT2D eigenvalue weighted by Crippen LogP contribution is 2.37. The number of nitrogens with zero attached hydrogens (tertiary/aromatic N) is 3. The first kappa shape index (κ1) is 18.2. The molecule has 4 N–H and O–H groups in total. The Bertz CT molecular complexity index is 1190. The highest BCUT2D eigenvalue weighted by atomic mass is 35.5. The van der Waals surface area contributed by atoms with E-state index in [1.807, 2.05) is 4.90 Å². The number of benzene rings is 1. The van der Waals surface area contributed by atoms with E-state index in [0.29, 0.717) is 39.7 Å². The molecule has 1 amide bonds. The Morgan fingerprint density at radius 2 is 2.03 bits per heavy atom. The average Bonchev–Trinajstić information content (AvgIpc) is 3.25. The number of rotatable bonds is 2. The summed E-state index contributed by atoms with van der Waals surface area (Å²) in [4.78, 5) is 39.8. The number of pyridine rings is 1. The molecule has 2 aromatic heterocycles. The smallest absolute Gasteiger partial charge is 0.261 e. The molecule has 2 aliphatic rings. The number of amides is 1. The van der Waals surface area contributed by atoms with Crippen LogP contribution in [0.4, 0.5) is 5.69 Å². The summed E-state index contributed by atoms with van der Waals surface area (Å²) in [5.41, 5.74) is 8.78. The summed E-state index contributed by atoms with van der Waals surface area (Å²) in [7, 11) is 2.10. The maximum atomic E-state index is 13.1. The van der Waals surface area contributed by atoms with Crippen LogP contribution in [0.1, 0.15) is 28.8 Å². The number of fused-ring (bicyclic) bond motifs is 2. The van der Waals surface area contributed by atoms with Gasteiger partial charge in [0.15, 0.2) is 0 Å². The highest BCUT2D eigenvalue weighted by Gasteiger charge is 2.36. The number of anilines is 1. The second kappa shape index (κ2) is 6.60. The van der Waals surface area contributed by atoms with Crippen molar-refractivity contribution in [3.05, 3.63) is 44.8 Å². The maximum Gasteiger partial charge on any atom is 0.261 e. The first-order chi connectivity index (χ1) is 13.9. The van der Waals surface area contributed by atoms with Gasteiger partial charge in [-0.2, -0.15) is 0 Å². The van der Waals surface area contributed by atoms with E-state index >= 15 is 0 Å². The van der Waals surface area contributed by atoms with Crippen LogP contribution < -0.4 is 11.3 Å². The number of nitrogens with two attached hydrogens (primary N) is 1. The van der Waals surface area contributed by atoms with Crippen molar-refractivity contribution >= 4 is 34.2 Å². The molecule has 0 saturated carbocycles. The molecule has 0 atom stereocenters. The van der Waals surface area contributed by atoms with Crippen molar-refractivity contribution in [1.82, 2.24) is 24.8 Å². The van der Waals surface area contributed by atoms with E-state index in [9.17, 15) is 9.59 Å². The molecule has 5 rings (SSSR count). The van der Waals surface area contributed by atoms with Crippen molar-refractivity contribution in [2.75, 3.05) is 25.9 Å². The van der Waals surface area contributed by atoms with E-state index in [1.165, 1.54) is 6.20 Å². The van der Waals surface area contributed by atoms with Gasteiger partial charge < -0.3 is 25.5 Å². The molecule has 3 aromatic rings. The van der Waals surface area contributed by atoms with Crippen molar-refractivity contribution in [3.63, 3.8) is 0 Å². The predicted molar refractivity (Wildman–Crippen MR) is 112 cm³/mol. The Labute approximate surface area is 171 Å². The fourth-order valence-corrected chi connectivity index (χ4v) is 4.66. The van der Waals surface area contributed by atoms with Crippen LogP contribution in [0.15, 0.2) is 23.1 Å². The molecule has 1 saturated heterocycles. The van der Waals surface area contributed by atoms with E-state index in [4.69, 9.17) is 17.3 Å². The summed E-state index contributed by atoms with van der Waals surface area (Å²) in [6, 6.07) is 3.62. The molecule has 1 aromatic carbocycles. The van der Waals surface area contributed by atoms with Crippen molar-refractivity contribution in [1.29, 1.82) is 0 Å². The fraction of sp³-hybridized carbons (Fsp3) is 0.350. The molecule has 0 spiro atoms. The van der Waals surface area contributed by atoms with Crippen LogP contribution in [-0.4, -0.2) is 56.8 Å². The maximum absolute atomic E-state index is 13.1. The third kappa shape index (κ3) is 2.82. The zero-order chi connectivity index (χ0) is 20.3. The second-order valence-corrected chi connectivity index (χ2v) is 8.18. The van der Waals surface area contributed by atoms with Gasteiger partial charge in [-0.1, -0.05) is 11.6 Å². The van der Waals surface area contributed by atoms with E-state index in [-0.39, 0.29) is 23.1 Å². The highest BCUT2D eigenvalue weighted by molar-refractivity contribution is 6.36. The minimum atomic E-state index is -0.336. The number of halogens is 1. The molecule has 0 bridgehead atoms. The van der Waals surface area contributed by atoms with E-state index in [0.717, 1.165) is 31.5 Å². The topological polar surface area (TPSA) is 111 Å². The van der Waals surface area contributed by atoms with E-state index < -0.39 is 0 Å². The van der Waals surface area contributed by atoms with Crippen LogP contribution in [-0.2, 0) is 6.54 Å². The Balaban J connectivity index is 1.55. The third-order valence-electron chi connectivity index (χ3n) is 6.00. The van der Waals surface area contributed by atoms with Gasteiger partial charge in [0.25, 0.3) is 11.5 Å². The lowest BCUT2D eigenvalue weighted by molar-refractivity contribution is 0.0617. The van der Waals surface area contributed by atoms with Gasteiger partial charge in [0, 0.05) is 35.6 Å². The number of nitrogens with one attached hydrogen (secondary N) is 2. The van der Waals surface area contributed by atoms with Crippen molar-refractivity contribution < 1.29 is 4.79 Å². The molecular weight excluding hydrogens is 392 g/mol. The van der Waals surface area contributed by atoms with Crippen molar-refractivity contribution in [2.24, 2.45) is 0 Å². The van der Waals surface area contributed by atoms with Crippen molar-refractivity contribution in [3.8, 4) is 11.4 Å². The zero-order valence-corrected chi connectivity index (χ0v) is 16.7. The summed E-state index contributed by atoms with van der Waals surface area (Å²) < 4.78 is 0. The number of imidazole rings is 1. The van der Waals surface area contributed by atoms with Crippen LogP contribution in [0, 0.1) is 0 Å². The van der Waals surface area contributed by atoms with Crippen LogP contribution in [0.2, 0.25) is 5.02 Å². The van der Waals surface area contributed by atoms with Crippen LogP contribution in [0.25, 0.3) is 22.4 Å². The fourth-order valence-electron chi connectivity index (χ4n) is 4.35. The average molecular weight is 413 g/mol. The lowest BCUT2D eigenvalue weighted by Gasteiger charge is -2.34. The molecule has 0 aliphatic carbocycles. The first-order valence-corrected chi connectivity index (χ1v) is 10.00. The lowest BCUT2D eigenvalue weighted by Crippen LogP contribution is -2.43. The number of piperidine rings is 1. The molecular formula is C20H21ClN6O2. The summed E-state index contributed by atoms with van der Waals surface area (Å²) in [6.45, 7) is 2.46. The first-order valence-electron chi connectivity index (χ1n) is 9.62. The van der Waals surface area contributed by atoms with Gasteiger partial charge in [-0.3, -0.25) is 9.59 Å². The van der Waals surface area contributed by atoms with Gasteiger partial charge in [0.05, 0.1) is 10.5 Å². The number of hydrogen-bond donors (Lipinski definition) is 3. The Morgan fingerprint density at radius 3 is 2.76 bits per heavy atom. The number of hydrogen-bond acceptors (Lipinski definition) is 5. The number of H-pyrrole nitrogens is 2. The summed E-state index contributed by atoms with van der Waals surface area (Å²) in [5.74, 6) is 0.344. The molecule has 8 nitrogen and oxygen atoms in total. The van der Waals surface area contributed by atoms with Gasteiger partial charge in [-0.25, -0.2) is 4.98 Å². The molecule has 2 aliphatic heterocycles. The second-order valence-electron chi connectivity index (χ2n) is 7.80. The largest absolute Gasteiger partial charge is 0.398 e. The Hall–Kier alpha value is -2.84. The quantitative estimate of drug-likeness (QED) is 0.597.